The molecule has 5 heteroatoms. The topological polar surface area (TPSA) is 24.1 Å². The predicted octanol–water partition coefficient (Wildman–Crippen LogP) is 4.08. The third-order valence-corrected chi connectivity index (χ3v) is 2.78. The maximum absolute atomic E-state index is 13.4. The minimum absolute atomic E-state index is 0.132. The first-order chi connectivity index (χ1) is 9.06. The van der Waals surface area contributed by atoms with Crippen LogP contribution in [0.4, 0.5) is 20.2 Å². The molecule has 2 nitrogen and oxygen atoms in total. The fourth-order valence-electron chi connectivity index (χ4n) is 1.58. The number of hydrogen-bond acceptors (Lipinski definition) is 1. The first kappa shape index (κ1) is 13.4. The minimum Gasteiger partial charge on any atom is -0.332 e. The minimum atomic E-state index is -0.686. The van der Waals surface area contributed by atoms with Crippen molar-refractivity contribution < 1.29 is 8.78 Å². The van der Waals surface area contributed by atoms with E-state index in [2.05, 4.69) is 10.6 Å². The van der Waals surface area contributed by atoms with Crippen LogP contribution in [0.2, 0.25) is 0 Å². The lowest BCUT2D eigenvalue weighted by Crippen LogP contribution is -2.20. The summed E-state index contributed by atoms with van der Waals surface area (Å²) in [5.41, 5.74) is 1.99. The number of anilines is 2. The average Bonchev–Trinajstić information content (AvgIpc) is 2.36. The Hall–Kier alpha value is -2.01. The number of halogens is 2. The normalized spacial score (nSPS) is 10.1. The van der Waals surface area contributed by atoms with Crippen LogP contribution in [0.5, 0.6) is 0 Å². The van der Waals surface area contributed by atoms with Gasteiger partial charge in [0.1, 0.15) is 11.6 Å². The van der Waals surface area contributed by atoms with Crippen LogP contribution in [0.25, 0.3) is 0 Å². The van der Waals surface area contributed by atoms with Crippen LogP contribution in [-0.4, -0.2) is 5.11 Å². The second-order valence-electron chi connectivity index (χ2n) is 4.02. The van der Waals surface area contributed by atoms with Crippen molar-refractivity contribution in [1.82, 2.24) is 0 Å². The number of benzene rings is 2. The molecule has 2 rings (SSSR count). The molecule has 0 unspecified atom stereocenters. The van der Waals surface area contributed by atoms with Gasteiger partial charge in [-0.05, 0) is 42.9 Å². The Bertz CT molecular complexity index is 614. The highest BCUT2D eigenvalue weighted by molar-refractivity contribution is 7.80. The van der Waals surface area contributed by atoms with Crippen molar-refractivity contribution in [3.63, 3.8) is 0 Å². The number of rotatable bonds is 2. The molecule has 0 radical (unpaired) electrons. The van der Waals surface area contributed by atoms with Crippen LogP contribution in [0.3, 0.4) is 0 Å². The van der Waals surface area contributed by atoms with E-state index in [4.69, 9.17) is 12.2 Å². The monoisotopic (exact) mass is 278 g/mol. The van der Waals surface area contributed by atoms with Crippen LogP contribution in [-0.2, 0) is 0 Å². The molecule has 0 aliphatic heterocycles. The summed E-state index contributed by atoms with van der Waals surface area (Å²) in [6.45, 7) is 1.93. The van der Waals surface area contributed by atoms with E-state index in [-0.39, 0.29) is 10.8 Å². The Morgan fingerprint density at radius 2 is 1.68 bits per heavy atom. The number of aryl methyl sites for hydroxylation is 1. The molecule has 0 atom stereocenters. The van der Waals surface area contributed by atoms with Gasteiger partial charge in [0, 0.05) is 11.8 Å². The van der Waals surface area contributed by atoms with Gasteiger partial charge in [0.2, 0.25) is 0 Å². The van der Waals surface area contributed by atoms with E-state index in [9.17, 15) is 8.78 Å². The van der Waals surface area contributed by atoms with Gasteiger partial charge in [-0.1, -0.05) is 18.2 Å². The van der Waals surface area contributed by atoms with E-state index in [0.29, 0.717) is 0 Å². The maximum atomic E-state index is 13.4. The zero-order valence-corrected chi connectivity index (χ0v) is 11.0. The summed E-state index contributed by atoms with van der Waals surface area (Å²) >= 11 is 5.09. The average molecular weight is 278 g/mol. The molecule has 2 N–H and O–H groups in total. The highest BCUT2D eigenvalue weighted by atomic mass is 32.1. The van der Waals surface area contributed by atoms with Crippen molar-refractivity contribution >= 4 is 28.7 Å². The summed E-state index contributed by atoms with van der Waals surface area (Å²) in [5.74, 6) is -1.31. The first-order valence-electron chi connectivity index (χ1n) is 5.65. The molecular formula is C14H12F2N2S. The smallest absolute Gasteiger partial charge is 0.175 e. The maximum Gasteiger partial charge on any atom is 0.175 e. The van der Waals surface area contributed by atoms with Crippen molar-refractivity contribution in [2.75, 3.05) is 10.6 Å². The summed E-state index contributed by atoms with van der Waals surface area (Å²) in [6, 6.07) is 10.9. The molecule has 2 aromatic rings. The molecule has 19 heavy (non-hydrogen) atoms. The van der Waals surface area contributed by atoms with Crippen LogP contribution in [0.1, 0.15) is 5.56 Å². The Kier molecular flexibility index (Phi) is 4.06. The van der Waals surface area contributed by atoms with Crippen molar-refractivity contribution in [2.24, 2.45) is 0 Å². The van der Waals surface area contributed by atoms with Gasteiger partial charge in [-0.15, -0.1) is 0 Å². The zero-order chi connectivity index (χ0) is 13.8. The Morgan fingerprint density at radius 3 is 2.37 bits per heavy atom. The Balaban J connectivity index is 2.08. The van der Waals surface area contributed by atoms with Crippen molar-refractivity contribution in [1.29, 1.82) is 0 Å². The highest BCUT2D eigenvalue weighted by Gasteiger charge is 2.06. The van der Waals surface area contributed by atoms with Gasteiger partial charge in [0.15, 0.2) is 5.11 Å². The molecule has 0 aliphatic rings. The summed E-state index contributed by atoms with van der Waals surface area (Å²) in [4.78, 5) is 0. The number of para-hydroxylation sites is 1. The lowest BCUT2D eigenvalue weighted by molar-refractivity contribution is 0.586. The third-order valence-electron chi connectivity index (χ3n) is 2.57. The summed E-state index contributed by atoms with van der Waals surface area (Å²) in [5, 5.41) is 5.90. The quantitative estimate of drug-likeness (QED) is 0.809. The van der Waals surface area contributed by atoms with Gasteiger partial charge in [0.05, 0.1) is 5.69 Å². The fourth-order valence-corrected chi connectivity index (χ4v) is 1.80. The van der Waals surface area contributed by atoms with E-state index >= 15 is 0 Å². The molecule has 0 bridgehead atoms. The molecule has 0 heterocycles. The van der Waals surface area contributed by atoms with E-state index in [1.165, 1.54) is 12.1 Å². The highest BCUT2D eigenvalue weighted by Crippen LogP contribution is 2.17. The lowest BCUT2D eigenvalue weighted by Gasteiger charge is -2.12. The summed E-state index contributed by atoms with van der Waals surface area (Å²) in [6.07, 6.45) is 0. The predicted molar refractivity (Wildman–Crippen MR) is 77.4 cm³/mol. The molecular weight excluding hydrogens is 266 g/mol. The second kappa shape index (κ2) is 5.75. The van der Waals surface area contributed by atoms with Gasteiger partial charge >= 0.3 is 0 Å². The van der Waals surface area contributed by atoms with Crippen LogP contribution in [0, 0.1) is 18.6 Å². The van der Waals surface area contributed by atoms with E-state index in [0.717, 1.165) is 17.3 Å². The number of hydrogen-bond donors (Lipinski definition) is 2. The lowest BCUT2D eigenvalue weighted by atomic mass is 10.2. The molecule has 0 saturated carbocycles. The number of thiocarbonyl (C=S) groups is 1. The summed E-state index contributed by atoms with van der Waals surface area (Å²) < 4.78 is 26.2. The van der Waals surface area contributed by atoms with Crippen LogP contribution >= 0.6 is 12.2 Å². The zero-order valence-electron chi connectivity index (χ0n) is 10.2. The fraction of sp³-hybridized carbons (Fsp3) is 0.0714. The molecule has 0 spiro atoms. The molecule has 0 amide bonds. The van der Waals surface area contributed by atoms with Crippen molar-refractivity contribution in [3.05, 3.63) is 59.7 Å². The van der Waals surface area contributed by atoms with Gasteiger partial charge in [-0.2, -0.15) is 0 Å². The Labute approximate surface area is 115 Å². The standard InChI is InChI=1S/C14H12F2N2S/c1-9-4-2-3-5-12(9)17-14(19)18-13-7-6-10(15)8-11(13)16/h2-8H,1H3,(H2,17,18,19). The molecule has 2 aromatic carbocycles. The van der Waals surface area contributed by atoms with E-state index in [1.54, 1.807) is 0 Å². The Morgan fingerprint density at radius 1 is 1.00 bits per heavy atom. The van der Waals surface area contributed by atoms with Crippen molar-refractivity contribution in [2.45, 2.75) is 6.92 Å². The van der Waals surface area contributed by atoms with E-state index in [1.807, 2.05) is 31.2 Å². The summed E-state index contributed by atoms with van der Waals surface area (Å²) in [7, 11) is 0. The molecule has 0 fully saturated rings. The van der Waals surface area contributed by atoms with Crippen molar-refractivity contribution in [3.8, 4) is 0 Å². The van der Waals surface area contributed by atoms with Gasteiger partial charge < -0.3 is 10.6 Å². The van der Waals surface area contributed by atoms with E-state index < -0.39 is 11.6 Å². The molecule has 0 aliphatic carbocycles. The molecule has 0 saturated heterocycles. The SMILES string of the molecule is Cc1ccccc1NC(=S)Nc1ccc(F)cc1F. The molecule has 0 aromatic heterocycles. The van der Waals surface area contributed by atoms with Gasteiger partial charge in [-0.25, -0.2) is 8.78 Å². The molecule has 98 valence electrons. The van der Waals surface area contributed by atoms with Gasteiger partial charge in [0.25, 0.3) is 0 Å². The largest absolute Gasteiger partial charge is 0.332 e. The second-order valence-corrected chi connectivity index (χ2v) is 4.43. The van der Waals surface area contributed by atoms with Crippen LogP contribution in [0.15, 0.2) is 42.5 Å². The van der Waals surface area contributed by atoms with Gasteiger partial charge in [-0.3, -0.25) is 0 Å². The first-order valence-corrected chi connectivity index (χ1v) is 6.06. The number of nitrogens with one attached hydrogen (secondary N) is 2. The van der Waals surface area contributed by atoms with Crippen LogP contribution < -0.4 is 10.6 Å². The third kappa shape index (κ3) is 3.48.